The first kappa shape index (κ1) is 18.6. The molecule has 0 saturated carbocycles. The first-order valence-corrected chi connectivity index (χ1v) is 9.91. The summed E-state index contributed by atoms with van der Waals surface area (Å²) in [6.45, 7) is 6.29. The molecule has 1 saturated heterocycles. The monoisotopic (exact) mass is 394 g/mol. The van der Waals surface area contributed by atoms with E-state index in [1.807, 2.05) is 55.6 Å². The minimum absolute atomic E-state index is 0.663. The Morgan fingerprint density at radius 2 is 1.71 bits per heavy atom. The molecule has 0 amide bonds. The van der Waals surface area contributed by atoms with Crippen LogP contribution in [0.3, 0.4) is 0 Å². The summed E-state index contributed by atoms with van der Waals surface area (Å²) in [7, 11) is 0. The topological polar surface area (TPSA) is 41.5 Å². The van der Waals surface area contributed by atoms with Gasteiger partial charge in [-0.1, -0.05) is 17.7 Å². The third kappa shape index (κ3) is 4.20. The van der Waals surface area contributed by atoms with Crippen molar-refractivity contribution >= 4 is 23.1 Å². The average molecular weight is 395 g/mol. The number of rotatable bonds is 5. The molecule has 1 aliphatic rings. The molecule has 0 unspecified atom stereocenters. The molecular formula is C22H23ClN4O. The lowest BCUT2D eigenvalue weighted by atomic mass is 10.1. The number of hydrogen-bond donors (Lipinski definition) is 0. The summed E-state index contributed by atoms with van der Waals surface area (Å²) in [5.74, 6) is 1.78. The molecule has 0 bridgehead atoms. The van der Waals surface area contributed by atoms with Crippen molar-refractivity contribution < 1.29 is 4.74 Å². The smallest absolute Gasteiger partial charge is 0.147 e. The van der Waals surface area contributed by atoms with Crippen LogP contribution in [0.2, 0.25) is 5.02 Å². The number of piperazine rings is 1. The molecule has 0 radical (unpaired) electrons. The average Bonchev–Trinajstić information content (AvgIpc) is 2.75. The van der Waals surface area contributed by atoms with Gasteiger partial charge in [-0.15, -0.1) is 0 Å². The van der Waals surface area contributed by atoms with Gasteiger partial charge in [0.25, 0.3) is 0 Å². The van der Waals surface area contributed by atoms with E-state index in [1.54, 1.807) is 6.20 Å². The quantitative estimate of drug-likeness (QED) is 0.636. The van der Waals surface area contributed by atoms with Crippen LogP contribution in [0.5, 0.6) is 5.75 Å². The molecule has 0 atom stereocenters. The third-order valence-corrected chi connectivity index (χ3v) is 5.10. The Kier molecular flexibility index (Phi) is 5.63. The van der Waals surface area contributed by atoms with E-state index < -0.39 is 0 Å². The Balaban J connectivity index is 1.45. The highest BCUT2D eigenvalue weighted by molar-refractivity contribution is 6.30. The lowest BCUT2D eigenvalue weighted by molar-refractivity contribution is 0.340. The van der Waals surface area contributed by atoms with Gasteiger partial charge in [0.1, 0.15) is 11.6 Å². The Bertz CT molecular complexity index is 924. The zero-order valence-corrected chi connectivity index (χ0v) is 16.6. The van der Waals surface area contributed by atoms with Crippen molar-refractivity contribution in [3.8, 4) is 17.0 Å². The molecule has 144 valence electrons. The second-order valence-electron chi connectivity index (χ2n) is 6.67. The van der Waals surface area contributed by atoms with Gasteiger partial charge in [0.2, 0.25) is 0 Å². The van der Waals surface area contributed by atoms with E-state index in [9.17, 15) is 0 Å². The van der Waals surface area contributed by atoms with Gasteiger partial charge in [0.15, 0.2) is 0 Å². The molecule has 0 N–H and O–H groups in total. The Labute approximate surface area is 170 Å². The maximum absolute atomic E-state index is 6.13. The number of hydrogen-bond acceptors (Lipinski definition) is 5. The van der Waals surface area contributed by atoms with E-state index in [0.717, 1.165) is 54.0 Å². The van der Waals surface area contributed by atoms with Crippen LogP contribution >= 0.6 is 11.6 Å². The van der Waals surface area contributed by atoms with E-state index >= 15 is 0 Å². The predicted octanol–water partition coefficient (Wildman–Crippen LogP) is 4.52. The maximum atomic E-state index is 6.13. The summed E-state index contributed by atoms with van der Waals surface area (Å²) >= 11 is 6.13. The van der Waals surface area contributed by atoms with Crippen molar-refractivity contribution in [1.29, 1.82) is 0 Å². The number of halogens is 1. The van der Waals surface area contributed by atoms with Gasteiger partial charge in [-0.2, -0.15) is 0 Å². The van der Waals surface area contributed by atoms with Crippen LogP contribution < -0.4 is 14.5 Å². The Hall–Kier alpha value is -2.79. The van der Waals surface area contributed by atoms with Crippen molar-refractivity contribution in [3.63, 3.8) is 0 Å². The summed E-state index contributed by atoms with van der Waals surface area (Å²) in [6, 6.07) is 16.0. The molecule has 1 fully saturated rings. The van der Waals surface area contributed by atoms with Crippen molar-refractivity contribution in [1.82, 2.24) is 9.97 Å². The van der Waals surface area contributed by atoms with Gasteiger partial charge in [0.05, 0.1) is 24.7 Å². The van der Waals surface area contributed by atoms with Crippen LogP contribution in [0.1, 0.15) is 6.92 Å². The van der Waals surface area contributed by atoms with Gasteiger partial charge in [0, 0.05) is 42.5 Å². The van der Waals surface area contributed by atoms with E-state index in [4.69, 9.17) is 21.3 Å². The summed E-state index contributed by atoms with van der Waals surface area (Å²) < 4.78 is 5.51. The standard InChI is InChI=1S/C22H23ClN4O/c1-2-28-20-8-6-17(7-9-20)21-15-24-16-22(25-21)27-12-10-26(11-13-27)19-5-3-4-18(23)14-19/h3-9,14-16H,2,10-13H2,1H3. The minimum Gasteiger partial charge on any atom is -0.494 e. The van der Waals surface area contributed by atoms with Gasteiger partial charge < -0.3 is 14.5 Å². The zero-order valence-electron chi connectivity index (χ0n) is 15.9. The van der Waals surface area contributed by atoms with Crippen LogP contribution in [-0.4, -0.2) is 42.8 Å². The van der Waals surface area contributed by atoms with Gasteiger partial charge >= 0.3 is 0 Å². The van der Waals surface area contributed by atoms with Crippen molar-refractivity contribution in [2.75, 3.05) is 42.6 Å². The highest BCUT2D eigenvalue weighted by Gasteiger charge is 2.19. The largest absolute Gasteiger partial charge is 0.494 e. The van der Waals surface area contributed by atoms with E-state index in [1.165, 1.54) is 5.69 Å². The highest BCUT2D eigenvalue weighted by atomic mass is 35.5. The molecule has 1 aliphatic heterocycles. The fourth-order valence-electron chi connectivity index (χ4n) is 3.40. The lowest BCUT2D eigenvalue weighted by Crippen LogP contribution is -2.46. The number of ether oxygens (including phenoxy) is 1. The summed E-state index contributed by atoms with van der Waals surface area (Å²) in [4.78, 5) is 13.9. The Morgan fingerprint density at radius 3 is 2.43 bits per heavy atom. The van der Waals surface area contributed by atoms with Crippen LogP contribution in [-0.2, 0) is 0 Å². The minimum atomic E-state index is 0.663. The van der Waals surface area contributed by atoms with Crippen molar-refractivity contribution in [3.05, 3.63) is 65.9 Å². The SMILES string of the molecule is CCOc1ccc(-c2cncc(N3CCN(c4cccc(Cl)c4)CC3)n2)cc1. The normalized spacial score (nSPS) is 14.2. The molecule has 0 spiro atoms. The molecule has 5 nitrogen and oxygen atoms in total. The predicted molar refractivity (Wildman–Crippen MR) is 115 cm³/mol. The molecule has 28 heavy (non-hydrogen) atoms. The number of benzene rings is 2. The van der Waals surface area contributed by atoms with Gasteiger partial charge in [-0.25, -0.2) is 4.98 Å². The second-order valence-corrected chi connectivity index (χ2v) is 7.11. The number of anilines is 2. The zero-order chi connectivity index (χ0) is 19.3. The molecule has 4 rings (SSSR count). The summed E-state index contributed by atoms with van der Waals surface area (Å²) in [5, 5.41) is 0.772. The molecule has 2 heterocycles. The highest BCUT2D eigenvalue weighted by Crippen LogP contribution is 2.25. The fourth-order valence-corrected chi connectivity index (χ4v) is 3.59. The van der Waals surface area contributed by atoms with Crippen LogP contribution in [0.4, 0.5) is 11.5 Å². The van der Waals surface area contributed by atoms with Crippen LogP contribution in [0.15, 0.2) is 60.9 Å². The van der Waals surface area contributed by atoms with Gasteiger partial charge in [-0.3, -0.25) is 4.98 Å². The molecule has 0 aliphatic carbocycles. The van der Waals surface area contributed by atoms with E-state index in [-0.39, 0.29) is 0 Å². The number of aromatic nitrogens is 2. The first-order valence-electron chi connectivity index (χ1n) is 9.53. The lowest BCUT2D eigenvalue weighted by Gasteiger charge is -2.36. The maximum Gasteiger partial charge on any atom is 0.147 e. The van der Waals surface area contributed by atoms with Crippen LogP contribution in [0.25, 0.3) is 11.3 Å². The molecule has 2 aromatic carbocycles. The molecule has 3 aromatic rings. The summed E-state index contributed by atoms with van der Waals surface area (Å²) in [5.41, 5.74) is 3.08. The van der Waals surface area contributed by atoms with Crippen molar-refractivity contribution in [2.45, 2.75) is 6.92 Å². The number of nitrogens with zero attached hydrogens (tertiary/aromatic N) is 4. The third-order valence-electron chi connectivity index (χ3n) is 4.86. The molecule has 1 aromatic heterocycles. The molecular weight excluding hydrogens is 372 g/mol. The summed E-state index contributed by atoms with van der Waals surface area (Å²) in [6.07, 6.45) is 3.65. The van der Waals surface area contributed by atoms with E-state index in [0.29, 0.717) is 6.61 Å². The second kappa shape index (κ2) is 8.48. The Morgan fingerprint density at radius 1 is 0.964 bits per heavy atom. The van der Waals surface area contributed by atoms with Gasteiger partial charge in [-0.05, 0) is 49.4 Å². The van der Waals surface area contributed by atoms with E-state index in [2.05, 4.69) is 20.9 Å². The fraction of sp³-hybridized carbons (Fsp3) is 0.273. The van der Waals surface area contributed by atoms with Crippen LogP contribution in [0, 0.1) is 0 Å². The molecule has 6 heteroatoms. The first-order chi connectivity index (χ1) is 13.7. The van der Waals surface area contributed by atoms with Crippen molar-refractivity contribution in [2.24, 2.45) is 0 Å².